The summed E-state index contributed by atoms with van der Waals surface area (Å²) in [6.07, 6.45) is 1.87. The normalized spacial score (nSPS) is 11.6. The molecule has 2 rings (SSSR count). The summed E-state index contributed by atoms with van der Waals surface area (Å²) in [6.45, 7) is 8.65. The number of aryl methyl sites for hydroxylation is 2. The van der Waals surface area contributed by atoms with E-state index in [0.29, 0.717) is 0 Å². The number of thiazole rings is 1. The Bertz CT molecular complexity index is 664. The molecule has 0 bridgehead atoms. The van der Waals surface area contributed by atoms with E-state index in [4.69, 9.17) is 11.6 Å². The van der Waals surface area contributed by atoms with Gasteiger partial charge in [0.15, 0.2) is 5.96 Å². The van der Waals surface area contributed by atoms with E-state index in [1.807, 2.05) is 19.1 Å². The second kappa shape index (κ2) is 9.64. The van der Waals surface area contributed by atoms with Crippen LogP contribution in [0.2, 0.25) is 5.02 Å². The van der Waals surface area contributed by atoms with Crippen molar-refractivity contribution in [2.24, 2.45) is 4.99 Å². The highest BCUT2D eigenvalue weighted by atomic mass is 35.5. The molecule has 6 heteroatoms. The minimum absolute atomic E-state index is 0.763. The highest BCUT2D eigenvalue weighted by Crippen LogP contribution is 2.17. The number of hydrogen-bond acceptors (Lipinski definition) is 3. The highest BCUT2D eigenvalue weighted by molar-refractivity contribution is 7.11. The van der Waals surface area contributed by atoms with Crippen molar-refractivity contribution in [2.75, 3.05) is 19.6 Å². The lowest BCUT2D eigenvalue weighted by atomic mass is 10.1. The Morgan fingerprint density at radius 3 is 2.54 bits per heavy atom. The quantitative estimate of drug-likeness (QED) is 0.581. The van der Waals surface area contributed by atoms with Crippen molar-refractivity contribution in [3.8, 4) is 0 Å². The molecule has 0 radical (unpaired) electrons. The van der Waals surface area contributed by atoms with Crippen molar-refractivity contribution in [3.63, 3.8) is 0 Å². The fourth-order valence-corrected chi connectivity index (χ4v) is 3.44. The minimum atomic E-state index is 0.763. The predicted molar refractivity (Wildman–Crippen MR) is 104 cm³/mol. The molecule has 0 aliphatic carbocycles. The molecule has 0 amide bonds. The third-order valence-corrected chi connectivity index (χ3v) is 4.96. The molecule has 2 aromatic rings. The summed E-state index contributed by atoms with van der Waals surface area (Å²) in [5, 5.41) is 8.57. The summed E-state index contributed by atoms with van der Waals surface area (Å²) in [5.41, 5.74) is 2.40. The van der Waals surface area contributed by atoms with E-state index < -0.39 is 0 Å². The van der Waals surface area contributed by atoms with Gasteiger partial charge in [0.1, 0.15) is 0 Å². The van der Waals surface area contributed by atoms with E-state index in [-0.39, 0.29) is 0 Å². The third kappa shape index (κ3) is 6.13. The summed E-state index contributed by atoms with van der Waals surface area (Å²) in [4.78, 5) is 10.4. The fourth-order valence-electron chi connectivity index (χ4n) is 2.39. The Hall–Kier alpha value is -1.59. The van der Waals surface area contributed by atoms with Crippen LogP contribution in [-0.2, 0) is 12.8 Å². The average Bonchev–Trinajstić information content (AvgIpc) is 2.87. The van der Waals surface area contributed by atoms with Gasteiger partial charge in [-0.3, -0.25) is 4.99 Å². The zero-order valence-corrected chi connectivity index (χ0v) is 16.1. The van der Waals surface area contributed by atoms with Gasteiger partial charge < -0.3 is 10.6 Å². The smallest absolute Gasteiger partial charge is 0.191 e. The number of hydrogen-bond donors (Lipinski definition) is 2. The maximum Gasteiger partial charge on any atom is 0.191 e. The highest BCUT2D eigenvalue weighted by Gasteiger charge is 2.04. The molecule has 0 atom stereocenters. The molecule has 1 aromatic carbocycles. The molecule has 130 valence electrons. The van der Waals surface area contributed by atoms with E-state index in [9.17, 15) is 0 Å². The lowest BCUT2D eigenvalue weighted by molar-refractivity contribution is 0.797. The maximum absolute atomic E-state index is 5.91. The van der Waals surface area contributed by atoms with Gasteiger partial charge in [-0.15, -0.1) is 11.3 Å². The van der Waals surface area contributed by atoms with Crippen LogP contribution in [0.15, 0.2) is 29.3 Å². The number of aromatic nitrogens is 1. The van der Waals surface area contributed by atoms with Crippen molar-refractivity contribution in [2.45, 2.75) is 33.6 Å². The first-order valence-electron chi connectivity index (χ1n) is 8.28. The van der Waals surface area contributed by atoms with Crippen LogP contribution in [0.5, 0.6) is 0 Å². The Kier molecular flexibility index (Phi) is 7.53. The van der Waals surface area contributed by atoms with E-state index >= 15 is 0 Å². The average molecular weight is 365 g/mol. The van der Waals surface area contributed by atoms with Gasteiger partial charge in [0, 0.05) is 36.0 Å². The number of guanidine groups is 1. The first-order valence-corrected chi connectivity index (χ1v) is 9.47. The minimum Gasteiger partial charge on any atom is -0.357 e. The SMILES string of the molecule is CCNC(=NCCc1sc(C)nc1C)NCCc1ccc(Cl)cc1. The molecule has 24 heavy (non-hydrogen) atoms. The zero-order chi connectivity index (χ0) is 17.4. The van der Waals surface area contributed by atoms with Gasteiger partial charge in [-0.2, -0.15) is 0 Å². The number of rotatable bonds is 7. The van der Waals surface area contributed by atoms with Crippen molar-refractivity contribution >= 4 is 28.9 Å². The number of halogens is 1. The van der Waals surface area contributed by atoms with E-state index in [0.717, 1.165) is 54.2 Å². The number of nitrogens with zero attached hydrogens (tertiary/aromatic N) is 2. The van der Waals surface area contributed by atoms with Gasteiger partial charge in [-0.1, -0.05) is 23.7 Å². The van der Waals surface area contributed by atoms with Crippen LogP contribution in [0, 0.1) is 13.8 Å². The molecule has 0 saturated carbocycles. The topological polar surface area (TPSA) is 49.3 Å². The predicted octanol–water partition coefficient (Wildman–Crippen LogP) is 3.75. The molecule has 4 nitrogen and oxygen atoms in total. The van der Waals surface area contributed by atoms with Crippen LogP contribution >= 0.6 is 22.9 Å². The molecule has 0 spiro atoms. The molecule has 0 unspecified atom stereocenters. The van der Waals surface area contributed by atoms with Gasteiger partial charge in [-0.25, -0.2) is 4.98 Å². The van der Waals surface area contributed by atoms with Crippen molar-refractivity contribution in [3.05, 3.63) is 50.4 Å². The van der Waals surface area contributed by atoms with Crippen LogP contribution in [0.25, 0.3) is 0 Å². The van der Waals surface area contributed by atoms with Crippen LogP contribution in [0.3, 0.4) is 0 Å². The lowest BCUT2D eigenvalue weighted by Crippen LogP contribution is -2.38. The van der Waals surface area contributed by atoms with Gasteiger partial charge in [0.25, 0.3) is 0 Å². The number of nitrogens with one attached hydrogen (secondary N) is 2. The molecule has 1 aromatic heterocycles. The molecule has 2 N–H and O–H groups in total. The van der Waals surface area contributed by atoms with Crippen LogP contribution < -0.4 is 10.6 Å². The van der Waals surface area contributed by atoms with Crippen LogP contribution in [0.1, 0.15) is 28.1 Å². The van der Waals surface area contributed by atoms with Gasteiger partial charge in [0.05, 0.1) is 10.7 Å². The maximum atomic E-state index is 5.91. The summed E-state index contributed by atoms with van der Waals surface area (Å²) >= 11 is 7.67. The fraction of sp³-hybridized carbons (Fsp3) is 0.444. The zero-order valence-electron chi connectivity index (χ0n) is 14.5. The Morgan fingerprint density at radius 1 is 1.17 bits per heavy atom. The lowest BCUT2D eigenvalue weighted by Gasteiger charge is -2.11. The van der Waals surface area contributed by atoms with E-state index in [1.165, 1.54) is 10.4 Å². The summed E-state index contributed by atoms with van der Waals surface area (Å²) in [7, 11) is 0. The summed E-state index contributed by atoms with van der Waals surface area (Å²) < 4.78 is 0. The summed E-state index contributed by atoms with van der Waals surface area (Å²) in [5.74, 6) is 0.866. The second-order valence-corrected chi connectivity index (χ2v) is 7.28. The molecular formula is C18H25ClN4S. The van der Waals surface area contributed by atoms with Crippen molar-refractivity contribution < 1.29 is 0 Å². The van der Waals surface area contributed by atoms with Crippen molar-refractivity contribution in [1.82, 2.24) is 15.6 Å². The van der Waals surface area contributed by atoms with Crippen molar-refractivity contribution in [1.29, 1.82) is 0 Å². The summed E-state index contributed by atoms with van der Waals surface area (Å²) in [6, 6.07) is 7.97. The standard InChI is InChI=1S/C18H25ClN4S/c1-4-20-18(21-11-9-15-5-7-16(19)8-6-15)22-12-10-17-13(2)23-14(3)24-17/h5-8H,4,9-12H2,1-3H3,(H2,20,21,22). The molecule has 0 fully saturated rings. The Balaban J connectivity index is 1.81. The third-order valence-electron chi connectivity index (χ3n) is 3.57. The van der Waals surface area contributed by atoms with Crippen LogP contribution in [-0.4, -0.2) is 30.6 Å². The number of aliphatic imine (C=N–C) groups is 1. The molecular weight excluding hydrogens is 340 g/mol. The first-order chi connectivity index (χ1) is 11.6. The Labute approximate surface area is 153 Å². The molecule has 1 heterocycles. The number of benzene rings is 1. The second-order valence-electron chi connectivity index (χ2n) is 5.56. The van der Waals surface area contributed by atoms with Gasteiger partial charge in [-0.05, 0) is 44.9 Å². The van der Waals surface area contributed by atoms with E-state index in [2.05, 4.69) is 46.6 Å². The largest absolute Gasteiger partial charge is 0.357 e. The molecule has 0 aliphatic heterocycles. The molecule has 0 aliphatic rings. The van der Waals surface area contributed by atoms with Gasteiger partial charge >= 0.3 is 0 Å². The monoisotopic (exact) mass is 364 g/mol. The Morgan fingerprint density at radius 2 is 1.92 bits per heavy atom. The first kappa shape index (κ1) is 18.7. The molecule has 0 saturated heterocycles. The van der Waals surface area contributed by atoms with Gasteiger partial charge in [0.2, 0.25) is 0 Å². The van der Waals surface area contributed by atoms with Crippen LogP contribution in [0.4, 0.5) is 0 Å². The van der Waals surface area contributed by atoms with E-state index in [1.54, 1.807) is 11.3 Å².